The number of benzene rings is 1. The van der Waals surface area contributed by atoms with Gasteiger partial charge in [0.2, 0.25) is 0 Å². The van der Waals surface area contributed by atoms with Gasteiger partial charge in [-0.05, 0) is 29.5 Å². The second-order valence-electron chi connectivity index (χ2n) is 11.3. The number of amides is 1. The van der Waals surface area contributed by atoms with Crippen LogP contribution in [0.25, 0.3) is 5.57 Å². The number of unbranched alkanes of at least 4 members (excludes halogenated alkanes) is 13. The Labute approximate surface area is 223 Å². The minimum atomic E-state index is -0.0518. The molecule has 1 amide bonds. The Bertz CT molecular complexity index is 738. The van der Waals surface area contributed by atoms with E-state index in [1.165, 1.54) is 100 Å². The molecule has 0 saturated carbocycles. The molecule has 1 aliphatic rings. The molecule has 1 N–H and O–H groups in total. The van der Waals surface area contributed by atoms with Gasteiger partial charge in [0.1, 0.15) is 0 Å². The van der Waals surface area contributed by atoms with Crippen LogP contribution < -0.4 is 17.7 Å². The summed E-state index contributed by atoms with van der Waals surface area (Å²) < 4.78 is 0.657. The van der Waals surface area contributed by atoms with Crippen LogP contribution in [-0.4, -0.2) is 44.1 Å². The molecule has 0 radical (unpaired) electrons. The highest BCUT2D eigenvalue weighted by atomic mass is 35.5. The number of allylic oxidation sites excluding steroid dienone is 1. The van der Waals surface area contributed by atoms with Crippen molar-refractivity contribution in [1.29, 1.82) is 0 Å². The average molecular weight is 505 g/mol. The van der Waals surface area contributed by atoms with Gasteiger partial charge in [-0.15, -0.1) is 0 Å². The van der Waals surface area contributed by atoms with Gasteiger partial charge in [0.05, 0.1) is 21.1 Å². The zero-order valence-electron chi connectivity index (χ0n) is 23.2. The molecule has 0 spiro atoms. The van der Waals surface area contributed by atoms with Crippen LogP contribution in [0.4, 0.5) is 0 Å². The molecule has 4 heteroatoms. The quantitative estimate of drug-likeness (QED) is 0.215. The van der Waals surface area contributed by atoms with Crippen molar-refractivity contribution in [2.75, 3.05) is 27.7 Å². The number of hydrogen-bond acceptors (Lipinski definition) is 1. The molecule has 0 heterocycles. The van der Waals surface area contributed by atoms with E-state index in [4.69, 9.17) is 0 Å². The maximum Gasteiger partial charge on any atom is 0.278 e. The molecule has 0 aliphatic heterocycles. The van der Waals surface area contributed by atoms with Crippen LogP contribution in [0.15, 0.2) is 30.3 Å². The SMILES string of the molecule is CCCCCCCCCCCCCCCCNC(=O)C(CC1=CCc2ccccc21)[N+](C)(C)C.[Cl-]. The monoisotopic (exact) mass is 504 g/mol. The molecule has 2 rings (SSSR count). The minimum absolute atomic E-state index is 0. The number of rotatable bonds is 19. The number of halogens is 1. The molecule has 1 aliphatic carbocycles. The normalized spacial score (nSPS) is 13.7. The van der Waals surface area contributed by atoms with Crippen LogP contribution in [0, 0.1) is 0 Å². The number of carbonyl (C=O) groups is 1. The first kappa shape index (κ1) is 31.7. The van der Waals surface area contributed by atoms with E-state index in [1.807, 2.05) is 0 Å². The maximum atomic E-state index is 13.1. The van der Waals surface area contributed by atoms with Gasteiger partial charge in [0.15, 0.2) is 6.04 Å². The molecule has 1 unspecified atom stereocenters. The summed E-state index contributed by atoms with van der Waals surface area (Å²) in [6, 6.07) is 8.57. The number of likely N-dealkylation sites (N-methyl/N-ethyl adjacent to an activating group) is 1. The lowest BCUT2D eigenvalue weighted by atomic mass is 9.97. The third-order valence-corrected chi connectivity index (χ3v) is 7.41. The zero-order chi connectivity index (χ0) is 24.7. The summed E-state index contributed by atoms with van der Waals surface area (Å²) in [4.78, 5) is 13.1. The lowest BCUT2D eigenvalue weighted by molar-refractivity contribution is -0.886. The average Bonchev–Trinajstić information content (AvgIpc) is 3.22. The smallest absolute Gasteiger partial charge is 0.278 e. The molecule has 200 valence electrons. The second kappa shape index (κ2) is 18.0. The van der Waals surface area contributed by atoms with E-state index in [0.717, 1.165) is 25.8 Å². The number of nitrogens with zero attached hydrogens (tertiary/aromatic N) is 1. The molecule has 3 nitrogen and oxygen atoms in total. The first-order valence-corrected chi connectivity index (χ1v) is 14.3. The summed E-state index contributed by atoms with van der Waals surface area (Å²) in [6.45, 7) is 3.09. The Morgan fingerprint density at radius 1 is 0.829 bits per heavy atom. The molecule has 0 fully saturated rings. The highest BCUT2D eigenvalue weighted by Gasteiger charge is 2.33. The Morgan fingerprint density at radius 3 is 1.89 bits per heavy atom. The van der Waals surface area contributed by atoms with Gasteiger partial charge in [0.25, 0.3) is 5.91 Å². The number of nitrogens with one attached hydrogen (secondary N) is 1. The summed E-state index contributed by atoms with van der Waals surface area (Å²) in [5.74, 6) is 0.201. The van der Waals surface area contributed by atoms with Crippen molar-refractivity contribution in [2.45, 2.75) is 116 Å². The predicted octanol–water partition coefficient (Wildman–Crippen LogP) is 4.69. The van der Waals surface area contributed by atoms with Crippen molar-refractivity contribution >= 4 is 11.5 Å². The molecule has 1 atom stereocenters. The van der Waals surface area contributed by atoms with E-state index in [-0.39, 0.29) is 24.4 Å². The molecule has 1 aromatic carbocycles. The summed E-state index contributed by atoms with van der Waals surface area (Å²) in [5, 5.41) is 3.25. The minimum Gasteiger partial charge on any atom is -1.00 e. The molecule has 0 aromatic heterocycles. The van der Waals surface area contributed by atoms with Crippen LogP contribution in [0.5, 0.6) is 0 Å². The largest absolute Gasteiger partial charge is 1.00 e. The maximum absolute atomic E-state index is 13.1. The fraction of sp³-hybridized carbons (Fsp3) is 0.710. The summed E-state index contributed by atoms with van der Waals surface area (Å²) >= 11 is 0. The van der Waals surface area contributed by atoms with Crippen LogP contribution in [0.3, 0.4) is 0 Å². The molecular weight excluding hydrogens is 452 g/mol. The van der Waals surface area contributed by atoms with Gasteiger partial charge in [0, 0.05) is 13.0 Å². The Hall–Kier alpha value is -1.32. The van der Waals surface area contributed by atoms with E-state index >= 15 is 0 Å². The first-order chi connectivity index (χ1) is 16.4. The number of fused-ring (bicyclic) bond motifs is 1. The summed E-state index contributed by atoms with van der Waals surface area (Å²) in [7, 11) is 6.41. The third kappa shape index (κ3) is 12.5. The molecule has 0 bridgehead atoms. The van der Waals surface area contributed by atoms with Crippen molar-refractivity contribution in [3.8, 4) is 0 Å². The van der Waals surface area contributed by atoms with Gasteiger partial charge in [-0.3, -0.25) is 4.79 Å². The predicted molar refractivity (Wildman–Crippen MR) is 148 cm³/mol. The van der Waals surface area contributed by atoms with Crippen molar-refractivity contribution < 1.29 is 21.7 Å². The van der Waals surface area contributed by atoms with E-state index in [1.54, 1.807) is 0 Å². The van der Waals surface area contributed by atoms with Crippen LogP contribution in [-0.2, 0) is 11.2 Å². The third-order valence-electron chi connectivity index (χ3n) is 7.41. The molecular formula is C31H53ClN2O. The van der Waals surface area contributed by atoms with Crippen molar-refractivity contribution in [3.63, 3.8) is 0 Å². The first-order valence-electron chi connectivity index (χ1n) is 14.3. The fourth-order valence-electron chi connectivity index (χ4n) is 5.12. The molecule has 1 aromatic rings. The number of hydrogen-bond donors (Lipinski definition) is 1. The van der Waals surface area contributed by atoms with Crippen LogP contribution in [0.2, 0.25) is 0 Å². The van der Waals surface area contributed by atoms with Crippen molar-refractivity contribution in [3.05, 3.63) is 41.5 Å². The van der Waals surface area contributed by atoms with Crippen LogP contribution >= 0.6 is 0 Å². The van der Waals surface area contributed by atoms with Gasteiger partial charge in [-0.1, -0.05) is 121 Å². The van der Waals surface area contributed by atoms with Crippen LogP contribution in [0.1, 0.15) is 114 Å². The standard InChI is InChI=1S/C31H52N2O.ClH/c1-5-6-7-8-9-10-11-12-13-14-15-16-17-20-25-32-31(34)30(33(2,3)4)26-28-24-23-27-21-18-19-22-29(27)28;/h18-19,21-22,24,30H,5-17,20,23,25-26H2,1-4H3;1H. The molecule has 0 saturated heterocycles. The lowest BCUT2D eigenvalue weighted by Crippen LogP contribution is -3.00. The summed E-state index contributed by atoms with van der Waals surface area (Å²) in [6.07, 6.45) is 23.2. The summed E-state index contributed by atoms with van der Waals surface area (Å²) in [5.41, 5.74) is 4.06. The fourth-order valence-corrected chi connectivity index (χ4v) is 5.12. The molecule has 35 heavy (non-hydrogen) atoms. The number of carbonyl (C=O) groups excluding carboxylic acids is 1. The van der Waals surface area contributed by atoms with Gasteiger partial charge >= 0.3 is 0 Å². The van der Waals surface area contributed by atoms with Crippen molar-refractivity contribution in [2.24, 2.45) is 0 Å². The highest BCUT2D eigenvalue weighted by Crippen LogP contribution is 2.32. The van der Waals surface area contributed by atoms with Gasteiger partial charge in [-0.2, -0.15) is 0 Å². The van der Waals surface area contributed by atoms with E-state index in [0.29, 0.717) is 4.48 Å². The second-order valence-corrected chi connectivity index (χ2v) is 11.3. The highest BCUT2D eigenvalue weighted by molar-refractivity contribution is 5.84. The Kier molecular flexibility index (Phi) is 16.3. The Balaban J connectivity index is 0.00000612. The van der Waals surface area contributed by atoms with Gasteiger partial charge < -0.3 is 22.2 Å². The topological polar surface area (TPSA) is 29.1 Å². The van der Waals surface area contributed by atoms with Gasteiger partial charge in [-0.25, -0.2) is 0 Å². The van der Waals surface area contributed by atoms with E-state index < -0.39 is 0 Å². The Morgan fingerprint density at radius 2 is 1.34 bits per heavy atom. The van der Waals surface area contributed by atoms with E-state index in [2.05, 4.69) is 63.7 Å². The lowest BCUT2D eigenvalue weighted by Gasteiger charge is -2.33. The number of quaternary nitrogens is 1. The van der Waals surface area contributed by atoms with E-state index in [9.17, 15) is 4.79 Å². The van der Waals surface area contributed by atoms with Crippen molar-refractivity contribution in [1.82, 2.24) is 5.32 Å². The zero-order valence-corrected chi connectivity index (χ0v) is 24.0.